The van der Waals surface area contributed by atoms with Gasteiger partial charge in [-0.1, -0.05) is 39.7 Å². The monoisotopic (exact) mass is 338 g/mol. The number of aryl methyl sites for hydroxylation is 3. The number of benzene rings is 2. The first-order chi connectivity index (χ1) is 8.90. The van der Waals surface area contributed by atoms with Crippen molar-refractivity contribution in [2.75, 3.05) is 0 Å². The first-order valence-corrected chi connectivity index (χ1v) is 7.28. The summed E-state index contributed by atoms with van der Waals surface area (Å²) in [5, 5.41) is 11.3. The molecule has 0 spiro atoms. The van der Waals surface area contributed by atoms with E-state index >= 15 is 0 Å². The topological polar surface area (TPSA) is 20.2 Å². The fourth-order valence-electron chi connectivity index (χ4n) is 2.21. The number of aliphatic hydroxyl groups excluding tert-OH is 1. The van der Waals surface area contributed by atoms with Gasteiger partial charge in [0.15, 0.2) is 0 Å². The van der Waals surface area contributed by atoms with E-state index in [2.05, 4.69) is 15.9 Å². The molecular formula is C16H16BrClO. The van der Waals surface area contributed by atoms with E-state index in [1.165, 1.54) is 0 Å². The molecule has 1 nitrogen and oxygen atoms in total. The third-order valence-electron chi connectivity index (χ3n) is 3.37. The van der Waals surface area contributed by atoms with Crippen LogP contribution in [0.5, 0.6) is 0 Å². The van der Waals surface area contributed by atoms with Crippen molar-refractivity contribution < 1.29 is 5.11 Å². The van der Waals surface area contributed by atoms with Crippen LogP contribution in [-0.2, 0) is 0 Å². The molecule has 0 saturated carbocycles. The molecule has 0 heterocycles. The van der Waals surface area contributed by atoms with Crippen molar-refractivity contribution in [2.24, 2.45) is 0 Å². The molecule has 1 N–H and O–H groups in total. The van der Waals surface area contributed by atoms with Crippen LogP contribution in [0.1, 0.15) is 33.9 Å². The Labute approximate surface area is 127 Å². The molecule has 0 saturated heterocycles. The van der Waals surface area contributed by atoms with Crippen LogP contribution in [0.25, 0.3) is 0 Å². The van der Waals surface area contributed by atoms with Crippen LogP contribution in [0.3, 0.4) is 0 Å². The average Bonchev–Trinajstić information content (AvgIpc) is 2.33. The zero-order valence-electron chi connectivity index (χ0n) is 11.2. The number of hydrogen-bond donors (Lipinski definition) is 1. The van der Waals surface area contributed by atoms with Gasteiger partial charge in [0, 0.05) is 9.50 Å². The summed E-state index contributed by atoms with van der Waals surface area (Å²) in [6, 6.07) is 9.64. The van der Waals surface area contributed by atoms with Crippen LogP contribution in [0.4, 0.5) is 0 Å². The predicted octanol–water partition coefficient (Wildman–Crippen LogP) is 5.11. The zero-order chi connectivity index (χ0) is 14.2. The minimum Gasteiger partial charge on any atom is -0.384 e. The normalized spacial score (nSPS) is 12.5. The molecule has 0 amide bonds. The summed E-state index contributed by atoms with van der Waals surface area (Å²) >= 11 is 9.47. The smallest absolute Gasteiger partial charge is 0.105 e. The van der Waals surface area contributed by atoms with Crippen molar-refractivity contribution in [3.05, 3.63) is 67.6 Å². The van der Waals surface area contributed by atoms with E-state index < -0.39 is 6.10 Å². The van der Waals surface area contributed by atoms with Gasteiger partial charge < -0.3 is 5.11 Å². The summed E-state index contributed by atoms with van der Waals surface area (Å²) in [5.41, 5.74) is 5.02. The second kappa shape index (κ2) is 5.66. The maximum absolute atomic E-state index is 10.6. The first-order valence-electron chi connectivity index (χ1n) is 6.11. The van der Waals surface area contributed by atoms with Gasteiger partial charge in [0.05, 0.1) is 0 Å². The molecule has 2 aromatic carbocycles. The van der Waals surface area contributed by atoms with Crippen LogP contribution in [0, 0.1) is 20.8 Å². The van der Waals surface area contributed by atoms with Gasteiger partial charge in [0.2, 0.25) is 0 Å². The maximum Gasteiger partial charge on any atom is 0.105 e. The van der Waals surface area contributed by atoms with Crippen LogP contribution in [0.2, 0.25) is 5.02 Å². The third kappa shape index (κ3) is 3.02. The Bertz CT molecular complexity index is 622. The summed E-state index contributed by atoms with van der Waals surface area (Å²) in [5.74, 6) is 0. The highest BCUT2D eigenvalue weighted by Crippen LogP contribution is 2.31. The van der Waals surface area contributed by atoms with Crippen molar-refractivity contribution in [3.63, 3.8) is 0 Å². The van der Waals surface area contributed by atoms with Crippen molar-refractivity contribution in [2.45, 2.75) is 26.9 Å². The lowest BCUT2D eigenvalue weighted by atomic mass is 9.93. The molecule has 100 valence electrons. The second-order valence-electron chi connectivity index (χ2n) is 4.86. The van der Waals surface area contributed by atoms with Gasteiger partial charge in [-0.15, -0.1) is 0 Å². The third-order valence-corrected chi connectivity index (χ3v) is 4.46. The lowest BCUT2D eigenvalue weighted by molar-refractivity contribution is 0.218. The number of halogens is 2. The largest absolute Gasteiger partial charge is 0.384 e. The average molecular weight is 340 g/mol. The number of aliphatic hydroxyl groups is 1. The van der Waals surface area contributed by atoms with E-state index in [1.54, 1.807) is 0 Å². The molecule has 0 bridgehead atoms. The lowest BCUT2D eigenvalue weighted by Gasteiger charge is -2.18. The summed E-state index contributed by atoms with van der Waals surface area (Å²) in [6.45, 7) is 5.99. The molecular weight excluding hydrogens is 324 g/mol. The standard InChI is InChI=1S/C16H16BrClO/c1-9-6-12(18)4-5-13(9)16(19)14-7-11(3)15(17)8-10(14)2/h4-8,16,19H,1-3H3. The van der Waals surface area contributed by atoms with Crippen LogP contribution in [0.15, 0.2) is 34.8 Å². The van der Waals surface area contributed by atoms with Crippen molar-refractivity contribution in [3.8, 4) is 0 Å². The molecule has 1 unspecified atom stereocenters. The molecule has 19 heavy (non-hydrogen) atoms. The Balaban J connectivity index is 2.49. The van der Waals surface area contributed by atoms with E-state index in [-0.39, 0.29) is 0 Å². The molecule has 0 fully saturated rings. The van der Waals surface area contributed by atoms with Crippen molar-refractivity contribution in [1.82, 2.24) is 0 Å². The van der Waals surface area contributed by atoms with Gasteiger partial charge in [-0.2, -0.15) is 0 Å². The fraction of sp³-hybridized carbons (Fsp3) is 0.250. The summed E-state index contributed by atoms with van der Waals surface area (Å²) < 4.78 is 1.06. The molecule has 0 aromatic heterocycles. The maximum atomic E-state index is 10.6. The Morgan fingerprint density at radius 1 is 0.947 bits per heavy atom. The minimum atomic E-state index is -0.621. The van der Waals surface area contributed by atoms with Crippen molar-refractivity contribution in [1.29, 1.82) is 0 Å². The quantitative estimate of drug-likeness (QED) is 0.806. The van der Waals surface area contributed by atoms with E-state index in [4.69, 9.17) is 11.6 Å². The van der Waals surface area contributed by atoms with Gasteiger partial charge in [0.1, 0.15) is 6.10 Å². The molecule has 0 aliphatic rings. The predicted molar refractivity (Wildman–Crippen MR) is 83.9 cm³/mol. The molecule has 3 heteroatoms. The van der Waals surface area contributed by atoms with Crippen molar-refractivity contribution >= 4 is 27.5 Å². The van der Waals surface area contributed by atoms with E-state index in [0.29, 0.717) is 5.02 Å². The van der Waals surface area contributed by atoms with Crippen LogP contribution in [-0.4, -0.2) is 5.11 Å². The van der Waals surface area contributed by atoms with E-state index in [9.17, 15) is 5.11 Å². The van der Waals surface area contributed by atoms with Gasteiger partial charge >= 0.3 is 0 Å². The fourth-order valence-corrected chi connectivity index (χ4v) is 2.90. The molecule has 0 radical (unpaired) electrons. The second-order valence-corrected chi connectivity index (χ2v) is 6.15. The van der Waals surface area contributed by atoms with Crippen LogP contribution >= 0.6 is 27.5 Å². The molecule has 2 aromatic rings. The highest BCUT2D eigenvalue weighted by molar-refractivity contribution is 9.10. The van der Waals surface area contributed by atoms with Gasteiger partial charge in [-0.25, -0.2) is 0 Å². The van der Waals surface area contributed by atoms with E-state index in [1.807, 2.05) is 51.1 Å². The van der Waals surface area contributed by atoms with Crippen LogP contribution < -0.4 is 0 Å². The SMILES string of the molecule is Cc1cc(C(O)c2ccc(Cl)cc2C)c(C)cc1Br. The highest BCUT2D eigenvalue weighted by atomic mass is 79.9. The van der Waals surface area contributed by atoms with E-state index in [0.717, 1.165) is 32.3 Å². The van der Waals surface area contributed by atoms with Gasteiger partial charge in [-0.3, -0.25) is 0 Å². The Morgan fingerprint density at radius 2 is 1.58 bits per heavy atom. The summed E-state index contributed by atoms with van der Waals surface area (Å²) in [6.07, 6.45) is -0.621. The molecule has 0 aliphatic carbocycles. The lowest BCUT2D eigenvalue weighted by Crippen LogP contribution is -2.04. The number of rotatable bonds is 2. The Morgan fingerprint density at radius 3 is 2.21 bits per heavy atom. The summed E-state index contributed by atoms with van der Waals surface area (Å²) in [7, 11) is 0. The molecule has 0 aliphatic heterocycles. The molecule has 1 atom stereocenters. The number of hydrogen-bond acceptors (Lipinski definition) is 1. The Kier molecular flexibility index (Phi) is 4.34. The first kappa shape index (κ1) is 14.6. The van der Waals surface area contributed by atoms with Gasteiger partial charge in [-0.05, 0) is 66.8 Å². The van der Waals surface area contributed by atoms with Gasteiger partial charge in [0.25, 0.3) is 0 Å². The highest BCUT2D eigenvalue weighted by Gasteiger charge is 2.16. The molecule has 2 rings (SSSR count). The minimum absolute atomic E-state index is 0.621. The summed E-state index contributed by atoms with van der Waals surface area (Å²) in [4.78, 5) is 0. The zero-order valence-corrected chi connectivity index (χ0v) is 13.5. The Hall–Kier alpha value is -0.830.